The fourth-order valence-corrected chi connectivity index (χ4v) is 1.86. The largest absolute Gasteiger partial charge is 0.491 e. The Balaban J connectivity index is 2.26. The molecule has 0 spiro atoms. The maximum Gasteiger partial charge on any atom is 0.488 e. The van der Waals surface area contributed by atoms with Crippen molar-refractivity contribution in [3.8, 4) is 5.75 Å². The molecule has 2 N–H and O–H groups in total. The van der Waals surface area contributed by atoms with Gasteiger partial charge in [-0.15, -0.1) is 0 Å². The van der Waals surface area contributed by atoms with Gasteiger partial charge < -0.3 is 14.8 Å². The van der Waals surface area contributed by atoms with Crippen molar-refractivity contribution in [3.05, 3.63) is 24.0 Å². The van der Waals surface area contributed by atoms with Crippen molar-refractivity contribution in [1.29, 1.82) is 0 Å². The van der Waals surface area contributed by atoms with E-state index in [-0.39, 0.29) is 11.2 Å². The van der Waals surface area contributed by atoms with Crippen LogP contribution in [0.4, 0.5) is 4.39 Å². The molecule has 0 aliphatic heterocycles. The lowest BCUT2D eigenvalue weighted by atomic mass is 9.80. The molecule has 106 valence electrons. The summed E-state index contributed by atoms with van der Waals surface area (Å²) < 4.78 is 18.9. The number of benzene rings is 1. The van der Waals surface area contributed by atoms with Crippen LogP contribution < -0.4 is 10.2 Å². The molecule has 1 aromatic carbocycles. The van der Waals surface area contributed by atoms with Gasteiger partial charge in [0.2, 0.25) is 0 Å². The van der Waals surface area contributed by atoms with E-state index in [0.29, 0.717) is 6.61 Å². The number of hydrogen-bond acceptors (Lipinski definition) is 3. The van der Waals surface area contributed by atoms with Crippen LogP contribution in [-0.2, 0) is 0 Å². The zero-order valence-corrected chi connectivity index (χ0v) is 11.4. The average Bonchev–Trinajstić information content (AvgIpc) is 2.39. The van der Waals surface area contributed by atoms with E-state index >= 15 is 0 Å². The first-order valence-electron chi connectivity index (χ1n) is 6.93. The minimum absolute atomic E-state index is 0.129. The maximum absolute atomic E-state index is 13.5. The molecule has 5 heteroatoms. The zero-order chi connectivity index (χ0) is 14.1. The SMILES string of the molecule is CCCCCCCCOc1ccc(B(O)O)cc1F. The summed E-state index contributed by atoms with van der Waals surface area (Å²) in [6.07, 6.45) is 6.93. The zero-order valence-electron chi connectivity index (χ0n) is 11.4. The molecule has 3 nitrogen and oxygen atoms in total. The van der Waals surface area contributed by atoms with Crippen LogP contribution in [0.2, 0.25) is 0 Å². The van der Waals surface area contributed by atoms with Gasteiger partial charge in [0.15, 0.2) is 11.6 Å². The summed E-state index contributed by atoms with van der Waals surface area (Å²) in [5.74, 6) is -0.394. The summed E-state index contributed by atoms with van der Waals surface area (Å²) in [5.41, 5.74) is 0.129. The van der Waals surface area contributed by atoms with Gasteiger partial charge in [-0.2, -0.15) is 0 Å². The third-order valence-corrected chi connectivity index (χ3v) is 3.01. The predicted molar refractivity (Wildman–Crippen MR) is 75.1 cm³/mol. The van der Waals surface area contributed by atoms with Crippen LogP contribution in [0.3, 0.4) is 0 Å². The Morgan fingerprint density at radius 2 is 1.79 bits per heavy atom. The summed E-state index contributed by atoms with van der Waals surface area (Å²) in [7, 11) is -1.65. The van der Waals surface area contributed by atoms with E-state index in [1.807, 2.05) is 0 Å². The first-order chi connectivity index (χ1) is 9.15. The molecule has 0 fully saturated rings. The second kappa shape index (κ2) is 8.94. The Kier molecular flexibility index (Phi) is 7.52. The Bertz CT molecular complexity index is 372. The minimum Gasteiger partial charge on any atom is -0.491 e. The van der Waals surface area contributed by atoms with Crippen LogP contribution in [0, 0.1) is 5.82 Å². The molecule has 0 heterocycles. The molecule has 0 saturated heterocycles. The van der Waals surface area contributed by atoms with Gasteiger partial charge in [0.1, 0.15) is 0 Å². The van der Waals surface area contributed by atoms with E-state index in [1.54, 1.807) is 0 Å². The molecule has 0 aliphatic rings. The van der Waals surface area contributed by atoms with Crippen LogP contribution in [0.25, 0.3) is 0 Å². The molecule has 0 radical (unpaired) electrons. The normalized spacial score (nSPS) is 10.5. The smallest absolute Gasteiger partial charge is 0.488 e. The molecule has 0 unspecified atom stereocenters. The Labute approximate surface area is 114 Å². The summed E-state index contributed by atoms with van der Waals surface area (Å²) in [4.78, 5) is 0. The van der Waals surface area contributed by atoms with Crippen LogP contribution in [-0.4, -0.2) is 23.8 Å². The molecule has 0 atom stereocenters. The lowest BCUT2D eigenvalue weighted by Crippen LogP contribution is -2.30. The van der Waals surface area contributed by atoms with Gasteiger partial charge in [-0.25, -0.2) is 4.39 Å². The lowest BCUT2D eigenvalue weighted by molar-refractivity contribution is 0.290. The molecular formula is C14H22BFO3. The third-order valence-electron chi connectivity index (χ3n) is 3.01. The molecule has 0 amide bonds. The molecular weight excluding hydrogens is 246 g/mol. The highest BCUT2D eigenvalue weighted by molar-refractivity contribution is 6.58. The summed E-state index contributed by atoms with van der Waals surface area (Å²) in [6, 6.07) is 3.97. The van der Waals surface area contributed by atoms with E-state index in [4.69, 9.17) is 14.8 Å². The molecule has 1 rings (SSSR count). The molecule has 0 aromatic heterocycles. The van der Waals surface area contributed by atoms with Gasteiger partial charge >= 0.3 is 7.12 Å². The molecule has 19 heavy (non-hydrogen) atoms. The second-order valence-electron chi connectivity index (χ2n) is 4.68. The van der Waals surface area contributed by atoms with E-state index in [1.165, 1.54) is 37.8 Å². The second-order valence-corrected chi connectivity index (χ2v) is 4.68. The monoisotopic (exact) mass is 268 g/mol. The molecule has 0 bridgehead atoms. The van der Waals surface area contributed by atoms with E-state index in [0.717, 1.165) is 18.9 Å². The van der Waals surface area contributed by atoms with Gasteiger partial charge in [-0.3, -0.25) is 0 Å². The quantitative estimate of drug-likeness (QED) is 0.533. The average molecular weight is 268 g/mol. The van der Waals surface area contributed by atoms with Crippen molar-refractivity contribution in [2.75, 3.05) is 6.61 Å². The van der Waals surface area contributed by atoms with Crippen molar-refractivity contribution in [1.82, 2.24) is 0 Å². The molecule has 0 aliphatic carbocycles. The highest BCUT2D eigenvalue weighted by Crippen LogP contribution is 2.15. The van der Waals surface area contributed by atoms with Gasteiger partial charge in [-0.1, -0.05) is 45.1 Å². The van der Waals surface area contributed by atoms with Crippen LogP contribution in [0.1, 0.15) is 45.4 Å². The predicted octanol–water partition coefficient (Wildman–Crippen LogP) is 2.24. The van der Waals surface area contributed by atoms with Crippen molar-refractivity contribution in [2.24, 2.45) is 0 Å². The van der Waals surface area contributed by atoms with E-state index in [2.05, 4.69) is 6.92 Å². The van der Waals surface area contributed by atoms with Gasteiger partial charge in [0.05, 0.1) is 6.61 Å². The van der Waals surface area contributed by atoms with Crippen LogP contribution in [0.15, 0.2) is 18.2 Å². The maximum atomic E-state index is 13.5. The summed E-state index contributed by atoms with van der Waals surface area (Å²) in [5, 5.41) is 17.8. The molecule has 1 aromatic rings. The highest BCUT2D eigenvalue weighted by Gasteiger charge is 2.13. The van der Waals surface area contributed by atoms with Gasteiger partial charge in [0, 0.05) is 0 Å². The van der Waals surface area contributed by atoms with Crippen LogP contribution in [0.5, 0.6) is 5.75 Å². The summed E-state index contributed by atoms with van der Waals surface area (Å²) in [6.45, 7) is 2.67. The van der Waals surface area contributed by atoms with Crippen molar-refractivity contribution in [3.63, 3.8) is 0 Å². The first kappa shape index (κ1) is 16.0. The first-order valence-corrected chi connectivity index (χ1v) is 6.93. The van der Waals surface area contributed by atoms with Crippen molar-refractivity contribution >= 4 is 12.6 Å². The topological polar surface area (TPSA) is 49.7 Å². The molecule has 0 saturated carbocycles. The minimum atomic E-state index is -1.65. The number of halogens is 1. The van der Waals surface area contributed by atoms with Crippen molar-refractivity contribution in [2.45, 2.75) is 45.4 Å². The van der Waals surface area contributed by atoms with Crippen molar-refractivity contribution < 1.29 is 19.2 Å². The fraction of sp³-hybridized carbons (Fsp3) is 0.571. The number of hydrogen-bond donors (Lipinski definition) is 2. The van der Waals surface area contributed by atoms with Gasteiger partial charge in [-0.05, 0) is 24.0 Å². The van der Waals surface area contributed by atoms with E-state index < -0.39 is 12.9 Å². The Morgan fingerprint density at radius 3 is 2.42 bits per heavy atom. The number of rotatable bonds is 9. The summed E-state index contributed by atoms with van der Waals surface area (Å²) >= 11 is 0. The number of ether oxygens (including phenoxy) is 1. The third kappa shape index (κ3) is 6.08. The fourth-order valence-electron chi connectivity index (χ4n) is 1.86. The standard InChI is InChI=1S/C14H22BFO3/c1-2-3-4-5-6-7-10-19-14-9-8-12(15(17)18)11-13(14)16/h8-9,11,17-18H,2-7,10H2,1H3. The van der Waals surface area contributed by atoms with E-state index in [9.17, 15) is 4.39 Å². The Hall–Kier alpha value is -1.07. The Morgan fingerprint density at radius 1 is 1.11 bits per heavy atom. The lowest BCUT2D eigenvalue weighted by Gasteiger charge is -2.08. The number of unbranched alkanes of at least 4 members (excludes halogenated alkanes) is 5. The van der Waals surface area contributed by atoms with Crippen LogP contribution >= 0.6 is 0 Å². The van der Waals surface area contributed by atoms with Gasteiger partial charge in [0.25, 0.3) is 0 Å². The highest BCUT2D eigenvalue weighted by atomic mass is 19.1.